The fraction of sp³-hybridized carbons (Fsp3) is 0.364. The van der Waals surface area contributed by atoms with Crippen molar-refractivity contribution in [3.8, 4) is 0 Å². The lowest BCUT2D eigenvalue weighted by atomic mass is 10.2. The first kappa shape index (κ1) is 11.7. The van der Waals surface area contributed by atoms with E-state index in [1.165, 1.54) is 0 Å². The van der Waals surface area contributed by atoms with Gasteiger partial charge in [0, 0.05) is 5.57 Å². The molecular formula is C11H16O2. The molecule has 0 N–H and O–H groups in total. The van der Waals surface area contributed by atoms with Gasteiger partial charge >= 0.3 is 5.97 Å². The summed E-state index contributed by atoms with van der Waals surface area (Å²) in [6.07, 6.45) is 6.79. The van der Waals surface area contributed by atoms with Gasteiger partial charge in [-0.1, -0.05) is 30.9 Å². The lowest BCUT2D eigenvalue weighted by Gasteiger charge is -2.06. The van der Waals surface area contributed by atoms with Crippen LogP contribution in [0.2, 0.25) is 0 Å². The van der Waals surface area contributed by atoms with Gasteiger partial charge in [-0.05, 0) is 20.8 Å². The molecule has 0 aliphatic rings. The number of allylic oxidation sites excluding steroid dienone is 4. The van der Waals surface area contributed by atoms with Gasteiger partial charge in [0.05, 0.1) is 6.10 Å². The predicted octanol–water partition coefficient (Wildman–Crippen LogP) is 2.63. The molecule has 0 amide bonds. The van der Waals surface area contributed by atoms with E-state index in [2.05, 4.69) is 6.58 Å². The van der Waals surface area contributed by atoms with E-state index < -0.39 is 0 Å². The molecule has 2 nitrogen and oxygen atoms in total. The maximum Gasteiger partial charge on any atom is 0.333 e. The highest BCUT2D eigenvalue weighted by Gasteiger charge is 2.05. The maximum atomic E-state index is 11.2. The zero-order chi connectivity index (χ0) is 10.3. The first-order valence-corrected chi connectivity index (χ1v) is 4.25. The molecule has 0 rings (SSSR count). The first-order chi connectivity index (χ1) is 6.07. The molecule has 0 aliphatic heterocycles. The Morgan fingerprint density at radius 2 is 2.00 bits per heavy atom. The molecule has 2 heteroatoms. The van der Waals surface area contributed by atoms with Gasteiger partial charge in [-0.3, -0.25) is 0 Å². The zero-order valence-electron chi connectivity index (χ0n) is 8.41. The van der Waals surface area contributed by atoms with Crippen molar-refractivity contribution in [3.63, 3.8) is 0 Å². The smallest absolute Gasteiger partial charge is 0.333 e. The van der Waals surface area contributed by atoms with Crippen molar-refractivity contribution in [3.05, 3.63) is 36.5 Å². The third kappa shape index (κ3) is 5.91. The van der Waals surface area contributed by atoms with Crippen LogP contribution in [-0.2, 0) is 9.53 Å². The molecule has 0 aliphatic carbocycles. The molecule has 72 valence electrons. The van der Waals surface area contributed by atoms with Crippen molar-refractivity contribution in [2.75, 3.05) is 0 Å². The van der Waals surface area contributed by atoms with Crippen LogP contribution < -0.4 is 0 Å². The molecule has 0 spiro atoms. The second-order valence-electron chi connectivity index (χ2n) is 2.92. The molecule has 0 atom stereocenters. The monoisotopic (exact) mass is 180 g/mol. The van der Waals surface area contributed by atoms with E-state index in [4.69, 9.17) is 4.74 Å². The van der Waals surface area contributed by atoms with E-state index in [-0.39, 0.29) is 12.1 Å². The maximum absolute atomic E-state index is 11.2. The molecule has 0 heterocycles. The Hall–Kier alpha value is -1.31. The summed E-state index contributed by atoms with van der Waals surface area (Å²) in [5.74, 6) is -0.274. The van der Waals surface area contributed by atoms with Crippen LogP contribution in [0.3, 0.4) is 0 Å². The topological polar surface area (TPSA) is 26.3 Å². The summed E-state index contributed by atoms with van der Waals surface area (Å²) in [5.41, 5.74) is 0.590. The Morgan fingerprint density at radius 3 is 2.46 bits per heavy atom. The molecule has 0 radical (unpaired) electrons. The molecular weight excluding hydrogens is 164 g/mol. The van der Waals surface area contributed by atoms with Crippen LogP contribution in [0.5, 0.6) is 0 Å². The van der Waals surface area contributed by atoms with E-state index in [1.807, 2.05) is 13.8 Å². The number of hydrogen-bond acceptors (Lipinski definition) is 2. The van der Waals surface area contributed by atoms with Crippen molar-refractivity contribution in [1.82, 2.24) is 0 Å². The van der Waals surface area contributed by atoms with Gasteiger partial charge in [0.2, 0.25) is 0 Å². The van der Waals surface area contributed by atoms with E-state index >= 15 is 0 Å². The van der Waals surface area contributed by atoms with E-state index in [9.17, 15) is 4.79 Å². The van der Waals surface area contributed by atoms with Crippen LogP contribution in [0.1, 0.15) is 20.8 Å². The zero-order valence-corrected chi connectivity index (χ0v) is 8.41. The first-order valence-electron chi connectivity index (χ1n) is 4.25. The SMILES string of the molecule is C=C/C=C\C=C(/C)C(=O)OC(C)C. The highest BCUT2D eigenvalue weighted by Crippen LogP contribution is 2.00. The summed E-state index contributed by atoms with van der Waals surface area (Å²) >= 11 is 0. The number of carbonyl (C=O) groups excluding carboxylic acids is 1. The standard InChI is InChI=1S/C11H16O2/c1-5-6-7-8-10(4)11(12)13-9(2)3/h5-9H,1H2,2-4H3/b7-6-,10-8+. The summed E-state index contributed by atoms with van der Waals surface area (Å²) < 4.78 is 4.98. The number of ether oxygens (including phenoxy) is 1. The van der Waals surface area contributed by atoms with Crippen molar-refractivity contribution >= 4 is 5.97 Å². The highest BCUT2D eigenvalue weighted by molar-refractivity contribution is 5.88. The molecule has 13 heavy (non-hydrogen) atoms. The van der Waals surface area contributed by atoms with Crippen LogP contribution in [0.15, 0.2) is 36.5 Å². The average Bonchev–Trinajstić information content (AvgIpc) is 2.03. The van der Waals surface area contributed by atoms with Crippen molar-refractivity contribution < 1.29 is 9.53 Å². The second kappa shape index (κ2) is 6.23. The minimum absolute atomic E-state index is 0.0702. The lowest BCUT2D eigenvalue weighted by Crippen LogP contribution is -2.11. The second-order valence-corrected chi connectivity index (χ2v) is 2.92. The largest absolute Gasteiger partial charge is 0.460 e. The molecule has 0 bridgehead atoms. The average molecular weight is 180 g/mol. The number of carbonyl (C=O) groups is 1. The van der Waals surface area contributed by atoms with Crippen LogP contribution in [-0.4, -0.2) is 12.1 Å². The Labute approximate surface area is 79.6 Å². The predicted molar refractivity (Wildman–Crippen MR) is 54.3 cm³/mol. The van der Waals surface area contributed by atoms with Gasteiger partial charge in [0.1, 0.15) is 0 Å². The normalized spacial score (nSPS) is 12.2. The summed E-state index contributed by atoms with van der Waals surface area (Å²) in [4.78, 5) is 11.2. The molecule has 0 unspecified atom stereocenters. The molecule has 0 saturated carbocycles. The minimum Gasteiger partial charge on any atom is -0.460 e. The van der Waals surface area contributed by atoms with Crippen molar-refractivity contribution in [2.45, 2.75) is 26.9 Å². The minimum atomic E-state index is -0.274. The molecule has 0 saturated heterocycles. The lowest BCUT2D eigenvalue weighted by molar-refractivity contribution is -0.142. The summed E-state index contributed by atoms with van der Waals surface area (Å²) in [6, 6.07) is 0. The third-order valence-electron chi connectivity index (χ3n) is 1.26. The van der Waals surface area contributed by atoms with Gasteiger partial charge in [-0.15, -0.1) is 0 Å². The van der Waals surface area contributed by atoms with Crippen LogP contribution in [0.25, 0.3) is 0 Å². The van der Waals surface area contributed by atoms with E-state index in [0.717, 1.165) is 0 Å². The van der Waals surface area contributed by atoms with Gasteiger partial charge in [-0.25, -0.2) is 4.79 Å². The number of esters is 1. The van der Waals surface area contributed by atoms with Gasteiger partial charge < -0.3 is 4.74 Å². The molecule has 0 aromatic heterocycles. The van der Waals surface area contributed by atoms with Gasteiger partial charge in [0.25, 0.3) is 0 Å². The van der Waals surface area contributed by atoms with Gasteiger partial charge in [0.15, 0.2) is 0 Å². The fourth-order valence-electron chi connectivity index (χ4n) is 0.654. The van der Waals surface area contributed by atoms with E-state index in [1.54, 1.807) is 31.2 Å². The quantitative estimate of drug-likeness (QED) is 0.377. The summed E-state index contributed by atoms with van der Waals surface area (Å²) in [7, 11) is 0. The third-order valence-corrected chi connectivity index (χ3v) is 1.26. The Kier molecular flexibility index (Phi) is 5.60. The number of hydrogen-bond donors (Lipinski definition) is 0. The Morgan fingerprint density at radius 1 is 1.38 bits per heavy atom. The Bertz CT molecular complexity index is 234. The van der Waals surface area contributed by atoms with Crippen LogP contribution >= 0.6 is 0 Å². The van der Waals surface area contributed by atoms with Crippen molar-refractivity contribution in [2.24, 2.45) is 0 Å². The summed E-state index contributed by atoms with van der Waals surface area (Å²) in [6.45, 7) is 8.89. The fourth-order valence-corrected chi connectivity index (χ4v) is 0.654. The molecule has 0 aromatic rings. The van der Waals surface area contributed by atoms with Crippen molar-refractivity contribution in [1.29, 1.82) is 0 Å². The number of rotatable bonds is 4. The van der Waals surface area contributed by atoms with Crippen LogP contribution in [0.4, 0.5) is 0 Å². The van der Waals surface area contributed by atoms with Gasteiger partial charge in [-0.2, -0.15) is 0 Å². The van der Waals surface area contributed by atoms with E-state index in [0.29, 0.717) is 5.57 Å². The molecule has 0 aromatic carbocycles. The highest BCUT2D eigenvalue weighted by atomic mass is 16.5. The Balaban J connectivity index is 4.16. The summed E-state index contributed by atoms with van der Waals surface area (Å²) in [5, 5.41) is 0. The van der Waals surface area contributed by atoms with Crippen LogP contribution in [0, 0.1) is 0 Å². The molecule has 0 fully saturated rings.